The number of aliphatic hydroxyl groups is 1. The third kappa shape index (κ3) is 9.52. The first-order valence-corrected chi connectivity index (χ1v) is 18.3. The summed E-state index contributed by atoms with van der Waals surface area (Å²) in [7, 11) is 0. The largest absolute Gasteiger partial charge is 0.387 e. The summed E-state index contributed by atoms with van der Waals surface area (Å²) in [5.41, 5.74) is 7.65. The summed E-state index contributed by atoms with van der Waals surface area (Å²) in [5.74, 6) is -4.00. The molecule has 4 N–H and O–H groups in total. The minimum Gasteiger partial charge on any atom is -0.387 e. The van der Waals surface area contributed by atoms with Gasteiger partial charge in [0.2, 0.25) is 11.8 Å². The summed E-state index contributed by atoms with van der Waals surface area (Å²) in [4.78, 5) is 66.2. The summed E-state index contributed by atoms with van der Waals surface area (Å²) >= 11 is 0. The highest BCUT2D eigenvalue weighted by molar-refractivity contribution is 6.12. The number of aromatic nitrogens is 2. The predicted octanol–water partition coefficient (Wildman–Crippen LogP) is 3.78. The first-order chi connectivity index (χ1) is 25.7. The number of carbonyl (C=O) groups excluding carboxylic acids is 5. The standard InChI is InChI=1S/C40H48F2N6O6/c1-40(2,3)38(37-27(20-25-8-5-4-6-9-25)23-48(45-37)32-22-28(41)12-13-30(32)42)47(36(53)24-49)18-16-31(43)33(50)21-26-10-7-11-29(26)39(54)44-17-19-46-34(51)14-15-35(46)52/h4-6,8-9,12-15,22-23,26,29,31,38,49H,7,10-11,16-21,24,43H2,1-3H3,(H,44,54)/t26-,29-,31+,38+/m1/s1. The quantitative estimate of drug-likeness (QED) is 0.186. The normalized spacial score (nSPS) is 18.2. The number of aliphatic hydroxyl groups excluding tert-OH is 1. The van der Waals surface area contributed by atoms with Gasteiger partial charge >= 0.3 is 0 Å². The topological polar surface area (TPSA) is 168 Å². The SMILES string of the molecule is CC(C)(C)[C@H](c1nn(-c2cc(F)ccc2F)cc1Cc1ccccc1)N(CC[C@H](N)C(=O)C[C@H]1CCC[C@H]1C(=O)NCCN1C(=O)C=CC1=O)C(=O)CO. The van der Waals surface area contributed by atoms with E-state index in [2.05, 4.69) is 5.32 Å². The molecule has 1 aliphatic heterocycles. The molecule has 4 amide bonds. The molecule has 0 spiro atoms. The molecule has 1 saturated carbocycles. The van der Waals surface area contributed by atoms with Crippen LogP contribution in [0.3, 0.4) is 0 Å². The molecular weight excluding hydrogens is 698 g/mol. The fourth-order valence-corrected chi connectivity index (χ4v) is 7.45. The Morgan fingerprint density at radius 2 is 1.76 bits per heavy atom. The number of halogens is 2. The van der Waals surface area contributed by atoms with Gasteiger partial charge < -0.3 is 21.1 Å². The van der Waals surface area contributed by atoms with Crippen LogP contribution in [0.4, 0.5) is 8.78 Å². The van der Waals surface area contributed by atoms with E-state index in [4.69, 9.17) is 10.8 Å². The molecule has 5 rings (SSSR count). The maximum absolute atomic E-state index is 15.0. The lowest BCUT2D eigenvalue weighted by atomic mass is 9.81. The fourth-order valence-electron chi connectivity index (χ4n) is 7.45. The number of Topliss-reactive ketones (excluding diaryl/α,β-unsaturated/α-hetero) is 1. The number of hydrogen-bond donors (Lipinski definition) is 3. The number of hydrogen-bond acceptors (Lipinski definition) is 8. The van der Waals surface area contributed by atoms with Gasteiger partial charge in [-0.1, -0.05) is 57.5 Å². The van der Waals surface area contributed by atoms with Crippen LogP contribution in [0.2, 0.25) is 0 Å². The van der Waals surface area contributed by atoms with Gasteiger partial charge in [0.05, 0.1) is 17.8 Å². The molecule has 12 nitrogen and oxygen atoms in total. The molecule has 14 heteroatoms. The average Bonchev–Trinajstić information content (AvgIpc) is 3.85. The van der Waals surface area contributed by atoms with E-state index in [1.165, 1.54) is 21.7 Å². The number of nitrogens with zero attached hydrogens (tertiary/aromatic N) is 4. The Hall–Kier alpha value is -5.08. The number of ketones is 1. The van der Waals surface area contributed by atoms with Crippen LogP contribution in [-0.2, 0) is 30.4 Å². The Morgan fingerprint density at radius 1 is 1.06 bits per heavy atom. The Balaban J connectivity index is 1.32. The first-order valence-electron chi connectivity index (χ1n) is 18.3. The van der Waals surface area contributed by atoms with Crippen molar-refractivity contribution in [1.82, 2.24) is 24.9 Å². The van der Waals surface area contributed by atoms with Crippen molar-refractivity contribution in [3.63, 3.8) is 0 Å². The van der Waals surface area contributed by atoms with Gasteiger partial charge in [0, 0.05) is 68.4 Å². The van der Waals surface area contributed by atoms with Gasteiger partial charge in [0.1, 0.15) is 29.7 Å². The van der Waals surface area contributed by atoms with Crippen molar-refractivity contribution >= 4 is 29.4 Å². The molecule has 0 saturated heterocycles. The van der Waals surface area contributed by atoms with Gasteiger partial charge in [0.25, 0.3) is 11.8 Å². The lowest BCUT2D eigenvalue weighted by molar-refractivity contribution is -0.140. The zero-order chi connectivity index (χ0) is 39.2. The van der Waals surface area contributed by atoms with Gasteiger partial charge in [-0.2, -0.15) is 5.10 Å². The fraction of sp³-hybridized carbons (Fsp3) is 0.450. The van der Waals surface area contributed by atoms with Crippen LogP contribution in [0, 0.1) is 28.9 Å². The lowest BCUT2D eigenvalue weighted by Gasteiger charge is -2.40. The molecule has 1 aromatic heterocycles. The summed E-state index contributed by atoms with van der Waals surface area (Å²) < 4.78 is 30.6. The molecule has 4 atom stereocenters. The van der Waals surface area contributed by atoms with E-state index in [0.29, 0.717) is 30.5 Å². The van der Waals surface area contributed by atoms with Crippen molar-refractivity contribution in [2.75, 3.05) is 26.2 Å². The van der Waals surface area contributed by atoms with Crippen molar-refractivity contribution < 1.29 is 37.9 Å². The maximum atomic E-state index is 15.0. The number of nitrogens with one attached hydrogen (secondary N) is 1. The molecule has 1 aliphatic carbocycles. The van der Waals surface area contributed by atoms with Crippen LogP contribution < -0.4 is 11.1 Å². The van der Waals surface area contributed by atoms with Crippen LogP contribution in [-0.4, -0.2) is 86.4 Å². The minimum atomic E-state index is -0.980. The Bertz CT molecular complexity index is 1870. The second kappa shape index (κ2) is 17.4. The molecule has 3 aromatic rings. The highest BCUT2D eigenvalue weighted by Crippen LogP contribution is 2.40. The molecule has 1 fully saturated rings. The monoisotopic (exact) mass is 746 g/mol. The first kappa shape index (κ1) is 40.1. The highest BCUT2D eigenvalue weighted by Gasteiger charge is 2.39. The molecule has 0 unspecified atom stereocenters. The number of carbonyl (C=O) groups is 5. The van der Waals surface area contributed by atoms with Crippen LogP contribution in [0.25, 0.3) is 5.69 Å². The lowest BCUT2D eigenvalue weighted by Crippen LogP contribution is -2.46. The number of imide groups is 1. The summed E-state index contributed by atoms with van der Waals surface area (Å²) in [6, 6.07) is 10.8. The third-order valence-corrected chi connectivity index (χ3v) is 10.2. The molecule has 0 radical (unpaired) electrons. The van der Waals surface area contributed by atoms with Crippen molar-refractivity contribution in [2.24, 2.45) is 23.0 Å². The summed E-state index contributed by atoms with van der Waals surface area (Å²) in [6.07, 6.45) is 6.46. The number of benzene rings is 2. The van der Waals surface area contributed by atoms with Gasteiger partial charge in [-0.15, -0.1) is 0 Å². The van der Waals surface area contributed by atoms with E-state index in [0.717, 1.165) is 35.1 Å². The average molecular weight is 747 g/mol. The van der Waals surface area contributed by atoms with E-state index in [-0.39, 0.29) is 55.8 Å². The number of nitrogens with two attached hydrogens (primary N) is 1. The second-order valence-corrected chi connectivity index (χ2v) is 15.1. The van der Waals surface area contributed by atoms with Crippen LogP contribution in [0.15, 0.2) is 66.9 Å². The summed E-state index contributed by atoms with van der Waals surface area (Å²) in [6.45, 7) is 5.01. The smallest absolute Gasteiger partial charge is 0.253 e. The molecule has 2 aromatic carbocycles. The van der Waals surface area contributed by atoms with Crippen molar-refractivity contribution in [3.8, 4) is 5.69 Å². The molecule has 2 aliphatic rings. The Morgan fingerprint density at radius 3 is 2.43 bits per heavy atom. The minimum absolute atomic E-state index is 0.0163. The van der Waals surface area contributed by atoms with Crippen molar-refractivity contribution in [1.29, 1.82) is 0 Å². The van der Waals surface area contributed by atoms with Crippen molar-refractivity contribution in [3.05, 3.63) is 95.3 Å². The summed E-state index contributed by atoms with van der Waals surface area (Å²) in [5, 5.41) is 17.7. The maximum Gasteiger partial charge on any atom is 0.253 e. The third-order valence-electron chi connectivity index (χ3n) is 10.2. The number of amides is 4. The molecule has 288 valence electrons. The van der Waals surface area contributed by atoms with Crippen LogP contribution >= 0.6 is 0 Å². The van der Waals surface area contributed by atoms with E-state index in [1.54, 1.807) is 6.20 Å². The van der Waals surface area contributed by atoms with Gasteiger partial charge in [-0.3, -0.25) is 28.9 Å². The highest BCUT2D eigenvalue weighted by atomic mass is 19.1. The number of rotatable bonds is 16. The Labute approximate surface area is 313 Å². The van der Waals surface area contributed by atoms with Gasteiger partial charge in [-0.05, 0) is 48.3 Å². The van der Waals surface area contributed by atoms with E-state index in [1.807, 2.05) is 51.1 Å². The van der Waals surface area contributed by atoms with Crippen LogP contribution in [0.5, 0.6) is 0 Å². The molecule has 0 bridgehead atoms. The van der Waals surface area contributed by atoms with Gasteiger partial charge in [0.15, 0.2) is 0 Å². The molecule has 2 heterocycles. The molecule has 54 heavy (non-hydrogen) atoms. The van der Waals surface area contributed by atoms with Crippen LogP contribution in [0.1, 0.15) is 75.7 Å². The van der Waals surface area contributed by atoms with Crippen molar-refractivity contribution in [2.45, 2.75) is 71.4 Å². The zero-order valence-electron chi connectivity index (χ0n) is 30.8. The van der Waals surface area contributed by atoms with Gasteiger partial charge in [-0.25, -0.2) is 13.5 Å². The van der Waals surface area contributed by atoms with E-state index in [9.17, 15) is 33.5 Å². The predicted molar refractivity (Wildman–Crippen MR) is 196 cm³/mol. The molecular formula is C40H48F2N6O6. The van der Waals surface area contributed by atoms with E-state index < -0.39 is 59.4 Å². The Kier molecular flexibility index (Phi) is 12.9. The van der Waals surface area contributed by atoms with E-state index >= 15 is 4.39 Å². The zero-order valence-corrected chi connectivity index (χ0v) is 30.8. The second-order valence-electron chi connectivity index (χ2n) is 15.1.